The summed E-state index contributed by atoms with van der Waals surface area (Å²) in [6.45, 7) is 4.29. The van der Waals surface area contributed by atoms with Crippen LogP contribution in [0, 0.1) is 11.2 Å². The van der Waals surface area contributed by atoms with E-state index >= 15 is 0 Å². The van der Waals surface area contributed by atoms with Crippen molar-refractivity contribution in [3.05, 3.63) is 102 Å². The van der Waals surface area contributed by atoms with E-state index in [9.17, 15) is 14.3 Å². The van der Waals surface area contributed by atoms with E-state index in [1.165, 1.54) is 35.8 Å². The van der Waals surface area contributed by atoms with Gasteiger partial charge >= 0.3 is 5.97 Å². The Kier molecular flexibility index (Phi) is 6.70. The van der Waals surface area contributed by atoms with Crippen molar-refractivity contribution in [3.8, 4) is 17.2 Å². The highest BCUT2D eigenvalue weighted by atomic mass is 19.1. The van der Waals surface area contributed by atoms with Crippen LogP contribution in [0.5, 0.6) is 17.2 Å². The molecule has 1 spiro atoms. The minimum Gasteiger partial charge on any atom is -0.490 e. The first-order valence-electron chi connectivity index (χ1n) is 14.1. The van der Waals surface area contributed by atoms with E-state index in [1.54, 1.807) is 0 Å². The lowest BCUT2D eigenvalue weighted by molar-refractivity contribution is -0.0353. The molecule has 1 N–H and O–H groups in total. The molecule has 0 amide bonds. The number of hydrogen-bond donors (Lipinski definition) is 1. The molecule has 2 fully saturated rings. The number of halogens is 1. The number of aromatic carboxylic acids is 1. The van der Waals surface area contributed by atoms with Gasteiger partial charge in [-0.15, -0.1) is 0 Å². The van der Waals surface area contributed by atoms with Gasteiger partial charge in [0.2, 0.25) is 0 Å². The number of nitrogens with zero attached hydrogens (tertiary/aromatic N) is 5. The van der Waals surface area contributed by atoms with Gasteiger partial charge in [0, 0.05) is 62.0 Å². The molecule has 0 radical (unpaired) electrons. The highest BCUT2D eigenvalue weighted by molar-refractivity contribution is 5.91. The van der Waals surface area contributed by atoms with Gasteiger partial charge in [0.1, 0.15) is 35.3 Å². The van der Waals surface area contributed by atoms with Gasteiger partial charge in [-0.2, -0.15) is 0 Å². The number of benzene rings is 2. The molecule has 0 unspecified atom stereocenters. The number of aromatic nitrogens is 3. The van der Waals surface area contributed by atoms with E-state index < -0.39 is 11.8 Å². The largest absolute Gasteiger partial charge is 0.490 e. The maximum Gasteiger partial charge on any atom is 0.339 e. The first-order valence-corrected chi connectivity index (χ1v) is 14.1. The fourth-order valence-electron chi connectivity index (χ4n) is 6.39. The minimum absolute atomic E-state index is 0.0373. The van der Waals surface area contributed by atoms with Crippen molar-refractivity contribution in [1.82, 2.24) is 19.9 Å². The van der Waals surface area contributed by atoms with Gasteiger partial charge in [-0.1, -0.05) is 30.3 Å². The van der Waals surface area contributed by atoms with E-state index in [-0.39, 0.29) is 22.8 Å². The SMILES string of the molecule is O=C(O)c1cc(F)ccc1Oc1cncnc1N1CC2(CC(Oc3ccnc4c3CN(Cc3ccccc3)CC4)C2)C1. The zero-order chi connectivity index (χ0) is 28.7. The van der Waals surface area contributed by atoms with Crippen molar-refractivity contribution in [2.45, 2.75) is 38.5 Å². The molecule has 1 saturated heterocycles. The van der Waals surface area contributed by atoms with Crippen LogP contribution in [-0.4, -0.2) is 56.7 Å². The third kappa shape index (κ3) is 5.14. The summed E-state index contributed by atoms with van der Waals surface area (Å²) in [7, 11) is 0. The third-order valence-corrected chi connectivity index (χ3v) is 8.42. The van der Waals surface area contributed by atoms with Crippen LogP contribution in [0.1, 0.15) is 40.0 Å². The van der Waals surface area contributed by atoms with Gasteiger partial charge in [0.05, 0.1) is 6.20 Å². The Balaban J connectivity index is 0.981. The van der Waals surface area contributed by atoms with E-state index in [0.717, 1.165) is 69.5 Å². The van der Waals surface area contributed by atoms with E-state index in [1.807, 2.05) is 18.3 Å². The minimum atomic E-state index is -1.27. The van der Waals surface area contributed by atoms with Crippen LogP contribution in [0.2, 0.25) is 0 Å². The molecule has 42 heavy (non-hydrogen) atoms. The Bertz CT molecular complexity index is 1620. The van der Waals surface area contributed by atoms with Gasteiger partial charge in [-0.25, -0.2) is 19.2 Å². The second-order valence-electron chi connectivity index (χ2n) is 11.4. The standard InChI is InChI=1S/C32H30FN5O4/c33-22-6-7-27(24(12-22)31(39)40)42-29-15-34-20-36-30(29)38-18-32(19-38)13-23(14-32)41-28-8-10-35-26-9-11-37(17-25(26)28)16-21-4-2-1-3-5-21/h1-8,10,12,15,20,23H,9,11,13-14,16-19H2,(H,39,40). The van der Waals surface area contributed by atoms with Crippen LogP contribution < -0.4 is 14.4 Å². The lowest BCUT2D eigenvalue weighted by Crippen LogP contribution is -2.65. The van der Waals surface area contributed by atoms with Crippen LogP contribution in [-0.2, 0) is 19.5 Å². The number of pyridine rings is 1. The van der Waals surface area contributed by atoms with Crippen LogP contribution in [0.4, 0.5) is 10.2 Å². The predicted octanol–water partition coefficient (Wildman–Crippen LogP) is 5.11. The van der Waals surface area contributed by atoms with Crippen molar-refractivity contribution in [3.63, 3.8) is 0 Å². The van der Waals surface area contributed by atoms with Gasteiger partial charge < -0.3 is 19.5 Å². The van der Waals surface area contributed by atoms with Gasteiger partial charge in [-0.3, -0.25) is 9.88 Å². The predicted molar refractivity (Wildman–Crippen MR) is 152 cm³/mol. The number of carbonyl (C=O) groups is 1. The fourth-order valence-corrected chi connectivity index (χ4v) is 6.39. The number of rotatable bonds is 8. The summed E-state index contributed by atoms with van der Waals surface area (Å²) < 4.78 is 26.1. The summed E-state index contributed by atoms with van der Waals surface area (Å²) >= 11 is 0. The van der Waals surface area contributed by atoms with Gasteiger partial charge in [-0.05, 0) is 42.7 Å². The number of hydrogen-bond acceptors (Lipinski definition) is 8. The molecule has 10 heteroatoms. The van der Waals surface area contributed by atoms with Crippen molar-refractivity contribution < 1.29 is 23.8 Å². The smallest absolute Gasteiger partial charge is 0.339 e. The fraction of sp³-hybridized carbons (Fsp3) is 0.312. The molecule has 3 aliphatic rings. The summed E-state index contributed by atoms with van der Waals surface area (Å²) in [4.78, 5) is 29.3. The van der Waals surface area contributed by atoms with E-state index in [2.05, 4.69) is 49.0 Å². The third-order valence-electron chi connectivity index (χ3n) is 8.42. The summed E-state index contributed by atoms with van der Waals surface area (Å²) in [6.07, 6.45) is 7.74. The Hall–Kier alpha value is -4.57. The lowest BCUT2D eigenvalue weighted by Gasteiger charge is -2.59. The Morgan fingerprint density at radius 2 is 1.88 bits per heavy atom. The Labute approximate surface area is 242 Å². The summed E-state index contributed by atoms with van der Waals surface area (Å²) in [5.74, 6) is -0.0262. The highest BCUT2D eigenvalue weighted by Crippen LogP contribution is 2.52. The topological polar surface area (TPSA) is 101 Å². The molecule has 9 nitrogen and oxygen atoms in total. The first-order chi connectivity index (χ1) is 20.4. The molecular weight excluding hydrogens is 537 g/mol. The van der Waals surface area contributed by atoms with E-state index in [0.29, 0.717) is 11.6 Å². The number of ether oxygens (including phenoxy) is 2. The maximum absolute atomic E-state index is 13.6. The van der Waals surface area contributed by atoms with Crippen LogP contribution in [0.3, 0.4) is 0 Å². The van der Waals surface area contributed by atoms with Crippen molar-refractivity contribution >= 4 is 11.8 Å². The number of carboxylic acid groups (broad SMARTS) is 1. The molecule has 2 aromatic carbocycles. The van der Waals surface area contributed by atoms with Crippen LogP contribution >= 0.6 is 0 Å². The lowest BCUT2D eigenvalue weighted by atomic mass is 9.61. The van der Waals surface area contributed by atoms with Crippen LogP contribution in [0.25, 0.3) is 0 Å². The first kappa shape index (κ1) is 26.3. The highest BCUT2D eigenvalue weighted by Gasteiger charge is 2.54. The molecule has 7 rings (SSSR count). The monoisotopic (exact) mass is 567 g/mol. The molecule has 4 heterocycles. The van der Waals surface area contributed by atoms with Crippen molar-refractivity contribution in [2.75, 3.05) is 24.5 Å². The van der Waals surface area contributed by atoms with Gasteiger partial charge in [0.15, 0.2) is 11.6 Å². The zero-order valence-corrected chi connectivity index (χ0v) is 22.9. The average molecular weight is 568 g/mol. The summed E-state index contributed by atoms with van der Waals surface area (Å²) in [5, 5.41) is 9.47. The van der Waals surface area contributed by atoms with Crippen LogP contribution in [0.15, 0.2) is 73.3 Å². The number of fused-ring (bicyclic) bond motifs is 1. The Morgan fingerprint density at radius 1 is 1.05 bits per heavy atom. The summed E-state index contributed by atoms with van der Waals surface area (Å²) in [5.41, 5.74) is 3.51. The molecule has 2 aliphatic heterocycles. The summed E-state index contributed by atoms with van der Waals surface area (Å²) in [6, 6.07) is 15.9. The second-order valence-corrected chi connectivity index (χ2v) is 11.4. The second kappa shape index (κ2) is 10.7. The van der Waals surface area contributed by atoms with E-state index in [4.69, 9.17) is 9.47 Å². The molecule has 0 bridgehead atoms. The van der Waals surface area contributed by atoms with Gasteiger partial charge in [0.25, 0.3) is 0 Å². The molecule has 214 valence electrons. The van der Waals surface area contributed by atoms with Crippen molar-refractivity contribution in [2.24, 2.45) is 5.41 Å². The molecular formula is C32H30FN5O4. The molecule has 1 saturated carbocycles. The normalized spacial score (nSPS) is 17.7. The molecule has 1 aliphatic carbocycles. The molecule has 4 aromatic rings. The maximum atomic E-state index is 13.6. The zero-order valence-electron chi connectivity index (χ0n) is 22.9. The van der Waals surface area contributed by atoms with Crippen molar-refractivity contribution in [1.29, 1.82) is 0 Å². The Morgan fingerprint density at radius 3 is 2.69 bits per heavy atom. The average Bonchev–Trinajstić information content (AvgIpc) is 2.95. The quantitative estimate of drug-likeness (QED) is 0.311. The molecule has 0 atom stereocenters. The molecule has 2 aromatic heterocycles. The number of carboxylic acids is 1. The number of anilines is 1.